The van der Waals surface area contributed by atoms with E-state index in [-0.39, 0.29) is 11.5 Å². The van der Waals surface area contributed by atoms with Crippen LogP contribution in [0.15, 0.2) is 64.6 Å². The molecule has 2 aromatic heterocycles. The maximum atomic E-state index is 13.3. The summed E-state index contributed by atoms with van der Waals surface area (Å²) < 4.78 is 5.16. The van der Waals surface area contributed by atoms with Gasteiger partial charge >= 0.3 is 0 Å². The molecule has 0 fully saturated rings. The number of carbonyl (C=O) groups excluding carboxylic acids is 1. The first kappa shape index (κ1) is 20.3. The van der Waals surface area contributed by atoms with Crippen LogP contribution < -0.4 is 4.90 Å². The number of hydrogen-bond donors (Lipinski definition) is 0. The molecule has 0 spiro atoms. The molecule has 1 aliphatic rings. The SMILES string of the molecule is Cc1cc(C=C(C#N)C(=O)N2CCn3c2nc2ccccc23)c(C)n1-c1ccc(Br)cc1. The van der Waals surface area contributed by atoms with Crippen LogP contribution in [0.2, 0.25) is 0 Å². The number of carbonyl (C=O) groups is 1. The fraction of sp³-hybridized carbons (Fsp3) is 0.160. The zero-order valence-electron chi connectivity index (χ0n) is 17.7. The quantitative estimate of drug-likeness (QED) is 0.297. The molecule has 1 aliphatic heterocycles. The van der Waals surface area contributed by atoms with Crippen molar-refractivity contribution in [2.24, 2.45) is 0 Å². The monoisotopic (exact) mass is 485 g/mol. The number of amides is 1. The largest absolute Gasteiger partial charge is 0.318 e. The number of aryl methyl sites for hydroxylation is 1. The van der Waals surface area contributed by atoms with Crippen LogP contribution in [0, 0.1) is 25.2 Å². The third-order valence-corrected chi connectivity index (χ3v) is 6.40. The molecule has 0 atom stereocenters. The highest BCUT2D eigenvalue weighted by Gasteiger charge is 2.30. The van der Waals surface area contributed by atoms with Gasteiger partial charge in [0.05, 0.1) is 11.0 Å². The van der Waals surface area contributed by atoms with E-state index in [0.717, 1.165) is 38.1 Å². The molecular formula is C25H20BrN5O. The molecule has 5 rings (SSSR count). The molecule has 4 aromatic rings. The second-order valence-electron chi connectivity index (χ2n) is 7.82. The number of anilines is 1. The molecular weight excluding hydrogens is 466 g/mol. The van der Waals surface area contributed by atoms with Gasteiger partial charge in [0.25, 0.3) is 5.91 Å². The molecule has 0 N–H and O–H groups in total. The van der Waals surface area contributed by atoms with Gasteiger partial charge in [0.2, 0.25) is 5.95 Å². The molecule has 0 saturated carbocycles. The van der Waals surface area contributed by atoms with Gasteiger partial charge in [-0.1, -0.05) is 28.1 Å². The Morgan fingerprint density at radius 3 is 2.62 bits per heavy atom. The highest BCUT2D eigenvalue weighted by atomic mass is 79.9. The summed E-state index contributed by atoms with van der Waals surface area (Å²) in [4.78, 5) is 19.5. The normalized spacial score (nSPS) is 13.4. The number of hydrogen-bond acceptors (Lipinski definition) is 3. The summed E-state index contributed by atoms with van der Waals surface area (Å²) in [6.45, 7) is 5.18. The number of nitrogens with zero attached hydrogens (tertiary/aromatic N) is 5. The number of para-hydroxylation sites is 2. The molecule has 0 saturated heterocycles. The summed E-state index contributed by atoms with van der Waals surface area (Å²) in [5.74, 6) is 0.271. The smallest absolute Gasteiger partial charge is 0.271 e. The maximum absolute atomic E-state index is 13.3. The van der Waals surface area contributed by atoms with Crippen molar-refractivity contribution in [3.8, 4) is 11.8 Å². The van der Waals surface area contributed by atoms with Gasteiger partial charge in [-0.3, -0.25) is 9.69 Å². The number of rotatable bonds is 3. The molecule has 3 heterocycles. The molecule has 6 nitrogen and oxygen atoms in total. The minimum atomic E-state index is -0.324. The summed E-state index contributed by atoms with van der Waals surface area (Å²) in [6, 6.07) is 20.0. The Bertz CT molecular complexity index is 1440. The summed E-state index contributed by atoms with van der Waals surface area (Å²) in [5.41, 5.74) is 5.83. The standard InChI is InChI=1S/C25H20BrN5O/c1-16-13-18(17(2)31(16)21-9-7-20(26)8-10-21)14-19(15-27)24(32)30-12-11-29-23-6-4-3-5-22(23)28-25(29)30/h3-10,13-14H,11-12H2,1-2H3. The topological polar surface area (TPSA) is 66.8 Å². The van der Waals surface area contributed by atoms with Crippen molar-refractivity contribution >= 4 is 44.9 Å². The lowest BCUT2D eigenvalue weighted by Crippen LogP contribution is -2.30. The van der Waals surface area contributed by atoms with E-state index in [1.165, 1.54) is 0 Å². The molecule has 2 aromatic carbocycles. The fourth-order valence-corrected chi connectivity index (χ4v) is 4.61. The Balaban J connectivity index is 1.51. The van der Waals surface area contributed by atoms with Gasteiger partial charge in [0.15, 0.2) is 0 Å². The lowest BCUT2D eigenvalue weighted by atomic mass is 10.1. The Kier molecular flexibility index (Phi) is 4.95. The zero-order valence-corrected chi connectivity index (χ0v) is 19.3. The molecule has 158 valence electrons. The van der Waals surface area contributed by atoms with Crippen LogP contribution in [-0.2, 0) is 11.3 Å². The number of imidazole rings is 1. The van der Waals surface area contributed by atoms with Gasteiger partial charge in [0, 0.05) is 34.6 Å². The van der Waals surface area contributed by atoms with Crippen molar-refractivity contribution in [3.63, 3.8) is 0 Å². The van der Waals surface area contributed by atoms with Gasteiger partial charge in [0.1, 0.15) is 11.6 Å². The number of nitriles is 1. The molecule has 32 heavy (non-hydrogen) atoms. The third kappa shape index (κ3) is 3.24. The number of fused-ring (bicyclic) bond motifs is 3. The van der Waals surface area contributed by atoms with Gasteiger partial charge in [-0.05, 0) is 68.0 Å². The Labute approximate surface area is 194 Å². The highest BCUT2D eigenvalue weighted by Crippen LogP contribution is 2.29. The van der Waals surface area contributed by atoms with E-state index < -0.39 is 0 Å². The molecule has 0 bridgehead atoms. The average Bonchev–Trinajstić information content (AvgIpc) is 3.44. The lowest BCUT2D eigenvalue weighted by Gasteiger charge is -2.13. The predicted molar refractivity (Wildman–Crippen MR) is 129 cm³/mol. The van der Waals surface area contributed by atoms with Crippen LogP contribution in [-0.4, -0.2) is 26.6 Å². The second kappa shape index (κ2) is 7.81. The Morgan fingerprint density at radius 1 is 1.12 bits per heavy atom. The predicted octanol–water partition coefficient (Wildman–Crippen LogP) is 5.16. The van der Waals surface area contributed by atoms with Crippen molar-refractivity contribution in [2.45, 2.75) is 20.4 Å². The molecule has 7 heteroatoms. The summed E-state index contributed by atoms with van der Waals surface area (Å²) in [6.07, 6.45) is 1.69. The summed E-state index contributed by atoms with van der Waals surface area (Å²) in [7, 11) is 0. The maximum Gasteiger partial charge on any atom is 0.271 e. The van der Waals surface area contributed by atoms with E-state index in [0.29, 0.717) is 19.0 Å². The van der Waals surface area contributed by atoms with Crippen LogP contribution >= 0.6 is 15.9 Å². The fourth-order valence-electron chi connectivity index (χ4n) is 4.35. The average molecular weight is 486 g/mol. The van der Waals surface area contributed by atoms with E-state index in [2.05, 4.69) is 31.6 Å². The third-order valence-electron chi connectivity index (χ3n) is 5.87. The first-order valence-corrected chi connectivity index (χ1v) is 11.1. The molecule has 0 radical (unpaired) electrons. The zero-order chi connectivity index (χ0) is 22.4. The molecule has 0 unspecified atom stereocenters. The van der Waals surface area contributed by atoms with E-state index in [1.54, 1.807) is 11.0 Å². The van der Waals surface area contributed by atoms with Gasteiger partial charge in [-0.15, -0.1) is 0 Å². The lowest BCUT2D eigenvalue weighted by molar-refractivity contribution is -0.114. The van der Waals surface area contributed by atoms with Crippen molar-refractivity contribution < 1.29 is 4.79 Å². The molecule has 0 aliphatic carbocycles. The van der Waals surface area contributed by atoms with Gasteiger partial charge in [-0.25, -0.2) is 4.98 Å². The summed E-state index contributed by atoms with van der Waals surface area (Å²) >= 11 is 3.47. The first-order chi connectivity index (χ1) is 15.5. The van der Waals surface area contributed by atoms with E-state index in [9.17, 15) is 10.1 Å². The minimum absolute atomic E-state index is 0.0987. The van der Waals surface area contributed by atoms with E-state index >= 15 is 0 Å². The van der Waals surface area contributed by atoms with Crippen LogP contribution in [0.1, 0.15) is 17.0 Å². The number of aromatic nitrogens is 3. The Morgan fingerprint density at radius 2 is 1.88 bits per heavy atom. The summed E-state index contributed by atoms with van der Waals surface area (Å²) in [5, 5.41) is 9.82. The van der Waals surface area contributed by atoms with E-state index in [1.807, 2.05) is 73.0 Å². The van der Waals surface area contributed by atoms with Crippen molar-refractivity contribution in [2.75, 3.05) is 11.4 Å². The van der Waals surface area contributed by atoms with Crippen molar-refractivity contribution in [3.05, 3.63) is 81.6 Å². The minimum Gasteiger partial charge on any atom is -0.318 e. The van der Waals surface area contributed by atoms with Crippen LogP contribution in [0.5, 0.6) is 0 Å². The van der Waals surface area contributed by atoms with Crippen molar-refractivity contribution in [1.29, 1.82) is 5.26 Å². The van der Waals surface area contributed by atoms with Crippen molar-refractivity contribution in [1.82, 2.24) is 14.1 Å². The van der Waals surface area contributed by atoms with Crippen LogP contribution in [0.4, 0.5) is 5.95 Å². The number of benzene rings is 2. The highest BCUT2D eigenvalue weighted by molar-refractivity contribution is 9.10. The number of halogens is 1. The second-order valence-corrected chi connectivity index (χ2v) is 8.73. The Hall–Kier alpha value is -3.63. The van der Waals surface area contributed by atoms with Crippen LogP contribution in [0.25, 0.3) is 22.8 Å². The van der Waals surface area contributed by atoms with Gasteiger partial charge < -0.3 is 9.13 Å². The van der Waals surface area contributed by atoms with Crippen LogP contribution in [0.3, 0.4) is 0 Å². The van der Waals surface area contributed by atoms with Gasteiger partial charge in [-0.2, -0.15) is 5.26 Å². The first-order valence-electron chi connectivity index (χ1n) is 10.3. The van der Waals surface area contributed by atoms with E-state index in [4.69, 9.17) is 0 Å². The molecule has 1 amide bonds.